The molecular formula is C30H29ClFN5O5S. The van der Waals surface area contributed by atoms with E-state index in [0.717, 1.165) is 31.5 Å². The maximum atomic E-state index is 14.6. The average molecular weight is 626 g/mol. The molecule has 43 heavy (non-hydrogen) atoms. The number of hydrogen-bond donors (Lipinski definition) is 3. The summed E-state index contributed by atoms with van der Waals surface area (Å²) in [6, 6.07) is 16.3. The van der Waals surface area contributed by atoms with E-state index in [2.05, 4.69) is 10.3 Å². The second kappa shape index (κ2) is 12.6. The Bertz CT molecular complexity index is 1850. The summed E-state index contributed by atoms with van der Waals surface area (Å²) in [5, 5.41) is 18.3. The number of primary sulfonamides is 1. The van der Waals surface area contributed by atoms with Crippen molar-refractivity contribution >= 4 is 56.1 Å². The van der Waals surface area contributed by atoms with Crippen molar-refractivity contribution < 1.29 is 22.7 Å². The highest BCUT2D eigenvalue weighted by molar-refractivity contribution is 7.89. The molecule has 4 aromatic rings. The van der Waals surface area contributed by atoms with Gasteiger partial charge in [-0.2, -0.15) is 0 Å². The van der Waals surface area contributed by atoms with Crippen LogP contribution in [0.2, 0.25) is 5.02 Å². The van der Waals surface area contributed by atoms with Gasteiger partial charge in [0.2, 0.25) is 15.5 Å². The molecule has 4 N–H and O–H groups in total. The highest BCUT2D eigenvalue weighted by atomic mass is 35.5. The molecule has 3 aromatic carbocycles. The molecule has 2 aliphatic rings. The number of carboxylic acid groups (broad SMARTS) is 1. The van der Waals surface area contributed by atoms with Gasteiger partial charge >= 0.3 is 5.97 Å². The molecule has 2 heterocycles. The zero-order chi connectivity index (χ0) is 30.7. The number of carbonyl (C=O) groups is 1. The van der Waals surface area contributed by atoms with Crippen molar-refractivity contribution in [2.45, 2.75) is 23.8 Å². The molecule has 0 radical (unpaired) electrons. The number of aromatic carboxylic acids is 1. The van der Waals surface area contributed by atoms with E-state index in [1.807, 2.05) is 21.6 Å². The van der Waals surface area contributed by atoms with Crippen LogP contribution in [0.4, 0.5) is 15.8 Å². The zero-order valence-corrected chi connectivity index (χ0v) is 24.5. The van der Waals surface area contributed by atoms with E-state index < -0.39 is 27.2 Å². The molecule has 1 aromatic heterocycles. The molecule has 1 aliphatic carbocycles. The third kappa shape index (κ3) is 7.28. The molecule has 1 aliphatic heterocycles. The third-order valence-electron chi connectivity index (χ3n) is 7.13. The summed E-state index contributed by atoms with van der Waals surface area (Å²) < 4.78 is 38.6. The van der Waals surface area contributed by atoms with E-state index in [0.29, 0.717) is 35.0 Å². The molecule has 1 saturated heterocycles. The number of carboxylic acids is 1. The Kier molecular flexibility index (Phi) is 8.92. The van der Waals surface area contributed by atoms with Crippen molar-refractivity contribution in [3.63, 3.8) is 0 Å². The van der Waals surface area contributed by atoms with E-state index in [1.54, 1.807) is 36.5 Å². The van der Waals surface area contributed by atoms with Crippen LogP contribution in [0.5, 0.6) is 0 Å². The summed E-state index contributed by atoms with van der Waals surface area (Å²) in [6.45, 7) is 2.96. The highest BCUT2D eigenvalue weighted by Crippen LogP contribution is 2.38. The standard InChI is InChI=1S/C17H18FN3O3.C13H11ClN2O2S/c18-13-7-11-14(8-15(13)20-5-3-19-4-6-20)21(10-1-2-10)9-12(16(11)22)17(23)24;14-11-3-1-10(2-4-11)9-16-12-5-7-13(8-6-12)19(15,17)18/h7-10,19H,1-6H2,(H,23,24);1-9H,(H2,15,17,18). The fourth-order valence-electron chi connectivity index (χ4n) is 4.73. The number of hydrogen-bond acceptors (Lipinski definition) is 7. The SMILES string of the molecule is NS(=O)(=O)c1ccc(N=Cc2ccc(Cl)cc2)cc1.O=C(O)c1cn(C2CC2)c2cc(N3CCNCC3)c(F)cc2c1=O. The monoisotopic (exact) mass is 625 g/mol. The Hall–Kier alpha value is -4.10. The first-order chi connectivity index (χ1) is 20.5. The Balaban J connectivity index is 0.000000177. The van der Waals surface area contributed by atoms with Crippen LogP contribution in [0.25, 0.3) is 10.9 Å². The van der Waals surface area contributed by atoms with Crippen LogP contribution in [0.3, 0.4) is 0 Å². The van der Waals surface area contributed by atoms with Gasteiger partial charge in [-0.15, -0.1) is 0 Å². The molecule has 0 unspecified atom stereocenters. The second-order valence-corrected chi connectivity index (χ2v) is 12.2. The smallest absolute Gasteiger partial charge is 0.341 e. The zero-order valence-electron chi connectivity index (χ0n) is 22.9. The number of aromatic nitrogens is 1. The van der Waals surface area contributed by atoms with Crippen LogP contribution in [0.1, 0.15) is 34.8 Å². The summed E-state index contributed by atoms with van der Waals surface area (Å²) in [7, 11) is -3.66. The van der Waals surface area contributed by atoms with Crippen LogP contribution >= 0.6 is 11.6 Å². The van der Waals surface area contributed by atoms with Crippen LogP contribution in [-0.4, -0.2) is 56.5 Å². The summed E-state index contributed by atoms with van der Waals surface area (Å²) >= 11 is 5.78. The summed E-state index contributed by atoms with van der Waals surface area (Å²) in [5.74, 6) is -1.76. The van der Waals surface area contributed by atoms with E-state index in [-0.39, 0.29) is 21.9 Å². The van der Waals surface area contributed by atoms with Crippen molar-refractivity contribution in [3.05, 3.63) is 99.1 Å². The van der Waals surface area contributed by atoms with Gasteiger partial charge < -0.3 is 19.9 Å². The van der Waals surface area contributed by atoms with Crippen molar-refractivity contribution in [2.24, 2.45) is 10.1 Å². The number of aliphatic imine (C=N–C) groups is 1. The highest BCUT2D eigenvalue weighted by Gasteiger charge is 2.28. The van der Waals surface area contributed by atoms with Crippen molar-refractivity contribution in [3.8, 4) is 0 Å². The van der Waals surface area contributed by atoms with Crippen LogP contribution in [-0.2, 0) is 10.0 Å². The van der Waals surface area contributed by atoms with Gasteiger partial charge in [0, 0.05) is 55.0 Å². The number of anilines is 1. The number of benzene rings is 3. The van der Waals surface area contributed by atoms with Crippen LogP contribution in [0, 0.1) is 5.82 Å². The number of sulfonamides is 1. The lowest BCUT2D eigenvalue weighted by atomic mass is 10.1. The molecule has 10 nitrogen and oxygen atoms in total. The molecular weight excluding hydrogens is 597 g/mol. The van der Waals surface area contributed by atoms with Crippen molar-refractivity contribution in [2.75, 3.05) is 31.1 Å². The molecule has 224 valence electrons. The van der Waals surface area contributed by atoms with Gasteiger partial charge in [-0.3, -0.25) is 9.79 Å². The first-order valence-corrected chi connectivity index (χ1v) is 15.4. The summed E-state index contributed by atoms with van der Waals surface area (Å²) in [5.41, 5.74) is 1.70. The summed E-state index contributed by atoms with van der Waals surface area (Å²) in [4.78, 5) is 30.0. The molecule has 13 heteroatoms. The van der Waals surface area contributed by atoms with Crippen molar-refractivity contribution in [1.82, 2.24) is 9.88 Å². The number of fused-ring (bicyclic) bond motifs is 1. The first kappa shape index (κ1) is 30.4. The van der Waals surface area contributed by atoms with Gasteiger partial charge in [-0.1, -0.05) is 23.7 Å². The second-order valence-electron chi connectivity index (χ2n) is 10.2. The number of rotatable bonds is 6. The lowest BCUT2D eigenvalue weighted by Crippen LogP contribution is -2.43. The fourth-order valence-corrected chi connectivity index (χ4v) is 5.38. The number of pyridine rings is 1. The number of nitrogens with zero attached hydrogens (tertiary/aromatic N) is 3. The van der Waals surface area contributed by atoms with Gasteiger partial charge in [0.05, 0.1) is 21.8 Å². The lowest BCUT2D eigenvalue weighted by Gasteiger charge is -2.30. The predicted octanol–water partition coefficient (Wildman–Crippen LogP) is 4.32. The Labute approximate surface area is 252 Å². The minimum atomic E-state index is -3.66. The molecule has 0 amide bonds. The fraction of sp³-hybridized carbons (Fsp3) is 0.233. The lowest BCUT2D eigenvalue weighted by molar-refractivity contribution is 0.0694. The van der Waals surface area contributed by atoms with Gasteiger partial charge in [-0.05, 0) is 66.9 Å². The Morgan fingerprint density at radius 1 is 1.07 bits per heavy atom. The predicted molar refractivity (Wildman–Crippen MR) is 165 cm³/mol. The first-order valence-electron chi connectivity index (χ1n) is 13.5. The third-order valence-corrected chi connectivity index (χ3v) is 8.31. The molecule has 0 spiro atoms. The van der Waals surface area contributed by atoms with E-state index in [4.69, 9.17) is 16.7 Å². The van der Waals surface area contributed by atoms with Gasteiger partial charge in [0.25, 0.3) is 0 Å². The normalized spacial score (nSPS) is 15.4. The topological polar surface area (TPSA) is 147 Å². The maximum absolute atomic E-state index is 14.6. The van der Waals surface area contributed by atoms with Gasteiger partial charge in [0.15, 0.2) is 0 Å². The van der Waals surface area contributed by atoms with Gasteiger partial charge in [0.1, 0.15) is 11.4 Å². The van der Waals surface area contributed by atoms with E-state index >= 15 is 0 Å². The van der Waals surface area contributed by atoms with E-state index in [9.17, 15) is 27.5 Å². The number of piperazine rings is 1. The number of halogens is 2. The Morgan fingerprint density at radius 3 is 2.30 bits per heavy atom. The largest absolute Gasteiger partial charge is 0.477 e. The van der Waals surface area contributed by atoms with Crippen LogP contribution in [0.15, 0.2) is 81.5 Å². The quantitative estimate of drug-likeness (QED) is 0.270. The molecule has 0 atom stereocenters. The van der Waals surface area contributed by atoms with Crippen LogP contribution < -0.4 is 20.8 Å². The minimum Gasteiger partial charge on any atom is -0.477 e. The van der Waals surface area contributed by atoms with E-state index in [1.165, 1.54) is 24.4 Å². The minimum absolute atomic E-state index is 0.0675. The Morgan fingerprint density at radius 2 is 1.72 bits per heavy atom. The molecule has 2 fully saturated rings. The number of nitrogens with two attached hydrogens (primary N) is 1. The number of nitrogens with one attached hydrogen (secondary N) is 1. The molecule has 6 rings (SSSR count). The van der Waals surface area contributed by atoms with Gasteiger partial charge in [-0.25, -0.2) is 22.7 Å². The average Bonchev–Trinajstić information content (AvgIpc) is 3.83. The maximum Gasteiger partial charge on any atom is 0.341 e. The summed E-state index contributed by atoms with van der Waals surface area (Å²) in [6.07, 6.45) is 4.96. The molecule has 0 bridgehead atoms. The molecule has 1 saturated carbocycles. The van der Waals surface area contributed by atoms with Crippen molar-refractivity contribution in [1.29, 1.82) is 0 Å².